The number of aromatic nitrogens is 4. The van der Waals surface area contributed by atoms with Crippen molar-refractivity contribution in [3.63, 3.8) is 0 Å². The molecule has 0 saturated carbocycles. The molecule has 0 unspecified atom stereocenters. The molecule has 2 aromatic heterocycles. The molecule has 2 aromatic rings. The smallest absolute Gasteiger partial charge is 0.230 e. The monoisotopic (exact) mass is 319 g/mol. The van der Waals surface area contributed by atoms with Crippen LogP contribution >= 0.6 is 0 Å². The molecule has 1 fully saturated rings. The molecule has 0 radical (unpaired) electrons. The Morgan fingerprint density at radius 1 is 1.09 bits per heavy atom. The van der Waals surface area contributed by atoms with Crippen LogP contribution in [0.25, 0.3) is 0 Å². The third kappa shape index (κ3) is 3.77. The highest BCUT2D eigenvalue weighted by molar-refractivity contribution is 4.99. The predicted octanol–water partition coefficient (Wildman–Crippen LogP) is 3.08. The van der Waals surface area contributed by atoms with Gasteiger partial charge in [0, 0.05) is 17.8 Å². The Hall–Kier alpha value is -1.76. The van der Waals surface area contributed by atoms with E-state index in [9.17, 15) is 0 Å². The lowest BCUT2D eigenvalue weighted by atomic mass is 9.97. The molecule has 7 nitrogen and oxygen atoms in total. The summed E-state index contributed by atoms with van der Waals surface area (Å²) in [6.45, 7) is 10.9. The zero-order valence-electron chi connectivity index (χ0n) is 14.3. The summed E-state index contributed by atoms with van der Waals surface area (Å²) in [6, 6.07) is 0. The second-order valence-corrected chi connectivity index (χ2v) is 6.88. The zero-order chi connectivity index (χ0) is 16.4. The van der Waals surface area contributed by atoms with Crippen LogP contribution in [0.3, 0.4) is 0 Å². The lowest BCUT2D eigenvalue weighted by Crippen LogP contribution is -2.32. The molecule has 0 aliphatic carbocycles. The van der Waals surface area contributed by atoms with Crippen LogP contribution in [0.15, 0.2) is 8.94 Å². The van der Waals surface area contributed by atoms with E-state index in [0.717, 1.165) is 37.6 Å². The first kappa shape index (κ1) is 16.1. The van der Waals surface area contributed by atoms with Crippen molar-refractivity contribution in [1.82, 2.24) is 25.2 Å². The Balaban J connectivity index is 1.53. The first-order valence-corrected chi connectivity index (χ1v) is 8.41. The van der Waals surface area contributed by atoms with Gasteiger partial charge in [0.25, 0.3) is 0 Å². The van der Waals surface area contributed by atoms with Crippen molar-refractivity contribution in [3.05, 3.63) is 23.5 Å². The Morgan fingerprint density at radius 3 is 2.39 bits per heavy atom. The quantitative estimate of drug-likeness (QED) is 0.837. The third-order valence-electron chi connectivity index (χ3n) is 4.25. The molecule has 0 N–H and O–H groups in total. The molecule has 0 amide bonds. The minimum absolute atomic E-state index is 0.273. The Labute approximate surface area is 136 Å². The van der Waals surface area contributed by atoms with Crippen molar-refractivity contribution in [2.24, 2.45) is 0 Å². The molecule has 0 spiro atoms. The number of hydrogen-bond donors (Lipinski definition) is 0. The molecule has 0 aromatic carbocycles. The van der Waals surface area contributed by atoms with E-state index in [1.54, 1.807) is 0 Å². The maximum Gasteiger partial charge on any atom is 0.230 e. The van der Waals surface area contributed by atoms with E-state index in [0.29, 0.717) is 30.2 Å². The van der Waals surface area contributed by atoms with E-state index in [2.05, 4.69) is 52.9 Å². The molecule has 1 saturated heterocycles. The second kappa shape index (κ2) is 6.78. The van der Waals surface area contributed by atoms with Gasteiger partial charge in [0.1, 0.15) is 0 Å². The Morgan fingerprint density at radius 2 is 1.83 bits per heavy atom. The lowest BCUT2D eigenvalue weighted by Gasteiger charge is -2.29. The van der Waals surface area contributed by atoms with Gasteiger partial charge in [-0.3, -0.25) is 4.90 Å². The molecule has 3 heterocycles. The Bertz CT molecular complexity index is 626. The summed E-state index contributed by atoms with van der Waals surface area (Å²) in [5.41, 5.74) is 0. The van der Waals surface area contributed by atoms with Gasteiger partial charge in [-0.05, 0) is 25.9 Å². The largest absolute Gasteiger partial charge is 0.424 e. The number of nitrogens with zero attached hydrogens (tertiary/aromatic N) is 5. The van der Waals surface area contributed by atoms with E-state index in [1.165, 1.54) is 0 Å². The summed E-state index contributed by atoms with van der Waals surface area (Å²) >= 11 is 0. The molecule has 3 rings (SSSR count). The van der Waals surface area contributed by atoms with Crippen molar-refractivity contribution in [2.75, 3.05) is 13.1 Å². The normalized spacial score (nSPS) is 17.5. The average Bonchev–Trinajstić information content (AvgIpc) is 3.17. The van der Waals surface area contributed by atoms with Gasteiger partial charge in [-0.1, -0.05) is 32.9 Å². The summed E-state index contributed by atoms with van der Waals surface area (Å²) < 4.78 is 11.1. The van der Waals surface area contributed by atoms with Crippen LogP contribution in [0.4, 0.5) is 0 Å². The fourth-order valence-corrected chi connectivity index (χ4v) is 2.74. The number of piperidine rings is 1. The minimum Gasteiger partial charge on any atom is -0.424 e. The zero-order valence-corrected chi connectivity index (χ0v) is 14.3. The van der Waals surface area contributed by atoms with Gasteiger partial charge in [0.15, 0.2) is 5.82 Å². The van der Waals surface area contributed by atoms with Crippen LogP contribution in [0.1, 0.15) is 81.8 Å². The molecule has 126 valence electrons. The molecule has 7 heteroatoms. The fraction of sp³-hybridized carbons (Fsp3) is 0.750. The van der Waals surface area contributed by atoms with Gasteiger partial charge >= 0.3 is 0 Å². The molecule has 0 bridgehead atoms. The number of likely N-dealkylation sites (tertiary alicyclic amines) is 1. The fourth-order valence-electron chi connectivity index (χ4n) is 2.74. The first-order valence-electron chi connectivity index (χ1n) is 8.41. The molecule has 0 atom stereocenters. The molecule has 1 aliphatic heterocycles. The average molecular weight is 319 g/mol. The summed E-state index contributed by atoms with van der Waals surface area (Å²) in [7, 11) is 0. The minimum atomic E-state index is 0.273. The molecular formula is C16H25N5O2. The van der Waals surface area contributed by atoms with Crippen LogP contribution in [0, 0.1) is 0 Å². The number of rotatable bonds is 5. The van der Waals surface area contributed by atoms with Crippen molar-refractivity contribution in [2.45, 2.75) is 64.8 Å². The van der Waals surface area contributed by atoms with Crippen molar-refractivity contribution < 1.29 is 8.94 Å². The van der Waals surface area contributed by atoms with E-state index < -0.39 is 0 Å². The van der Waals surface area contributed by atoms with E-state index in [1.807, 2.05) is 0 Å². The molecular weight excluding hydrogens is 294 g/mol. The van der Waals surface area contributed by atoms with Crippen molar-refractivity contribution in [3.8, 4) is 0 Å². The molecule has 1 aliphatic rings. The standard InChI is InChI=1S/C16H25N5O2/c1-10(2)14-17-16(23-20-14)12-5-7-21(8-6-12)9-13-18-19-15(22-13)11(3)4/h10-12H,5-9H2,1-4H3. The highest BCUT2D eigenvalue weighted by Crippen LogP contribution is 2.28. The predicted molar refractivity (Wildman–Crippen MR) is 84.0 cm³/mol. The van der Waals surface area contributed by atoms with Crippen LogP contribution in [0.5, 0.6) is 0 Å². The topological polar surface area (TPSA) is 81.1 Å². The Kier molecular flexibility index (Phi) is 4.75. The van der Waals surface area contributed by atoms with Gasteiger partial charge in [-0.25, -0.2) is 0 Å². The van der Waals surface area contributed by atoms with Crippen molar-refractivity contribution >= 4 is 0 Å². The van der Waals surface area contributed by atoms with Gasteiger partial charge in [0.2, 0.25) is 17.7 Å². The first-order chi connectivity index (χ1) is 11.0. The summed E-state index contributed by atoms with van der Waals surface area (Å²) in [5.74, 6) is 3.94. The maximum atomic E-state index is 5.68. The van der Waals surface area contributed by atoms with E-state index in [4.69, 9.17) is 8.94 Å². The van der Waals surface area contributed by atoms with Gasteiger partial charge in [0.05, 0.1) is 6.54 Å². The van der Waals surface area contributed by atoms with Gasteiger partial charge in [-0.2, -0.15) is 4.98 Å². The van der Waals surface area contributed by atoms with Crippen molar-refractivity contribution in [1.29, 1.82) is 0 Å². The highest BCUT2D eigenvalue weighted by atomic mass is 16.5. The maximum absolute atomic E-state index is 5.68. The van der Waals surface area contributed by atoms with E-state index in [-0.39, 0.29) is 5.92 Å². The molecule has 23 heavy (non-hydrogen) atoms. The van der Waals surface area contributed by atoms with Crippen LogP contribution < -0.4 is 0 Å². The number of hydrogen-bond acceptors (Lipinski definition) is 7. The summed E-state index contributed by atoms with van der Waals surface area (Å²) in [6.07, 6.45) is 2.04. The van der Waals surface area contributed by atoms with Crippen LogP contribution in [-0.2, 0) is 6.54 Å². The van der Waals surface area contributed by atoms with Gasteiger partial charge < -0.3 is 8.94 Å². The highest BCUT2D eigenvalue weighted by Gasteiger charge is 2.26. The van der Waals surface area contributed by atoms with Crippen LogP contribution in [0.2, 0.25) is 0 Å². The third-order valence-corrected chi connectivity index (χ3v) is 4.25. The van der Waals surface area contributed by atoms with Crippen LogP contribution in [-0.4, -0.2) is 38.3 Å². The van der Waals surface area contributed by atoms with E-state index >= 15 is 0 Å². The summed E-state index contributed by atoms with van der Waals surface area (Å²) in [4.78, 5) is 6.87. The lowest BCUT2D eigenvalue weighted by molar-refractivity contribution is 0.172. The van der Waals surface area contributed by atoms with Gasteiger partial charge in [-0.15, -0.1) is 10.2 Å². The summed E-state index contributed by atoms with van der Waals surface area (Å²) in [5, 5.41) is 12.3. The SMILES string of the molecule is CC(C)c1noc(C2CCN(Cc3nnc(C(C)C)o3)CC2)n1. The second-order valence-electron chi connectivity index (χ2n) is 6.88.